The van der Waals surface area contributed by atoms with E-state index in [4.69, 9.17) is 23.2 Å². The van der Waals surface area contributed by atoms with E-state index in [1.54, 1.807) is 0 Å². The molecule has 0 saturated carbocycles. The Morgan fingerprint density at radius 1 is 1.67 bits per heavy atom. The van der Waals surface area contributed by atoms with Gasteiger partial charge in [0.1, 0.15) is 16.6 Å². The summed E-state index contributed by atoms with van der Waals surface area (Å²) < 4.78 is 0. The van der Waals surface area contributed by atoms with Gasteiger partial charge in [0.25, 0.3) is 0 Å². The molecule has 0 aromatic heterocycles. The van der Waals surface area contributed by atoms with Crippen LogP contribution in [0, 0.1) is 11.3 Å². The van der Waals surface area contributed by atoms with Crippen molar-refractivity contribution < 1.29 is 5.11 Å². The first-order valence-electron chi connectivity index (χ1n) is 4.90. The maximum absolute atomic E-state index is 9.51. The predicted octanol–water partition coefficient (Wildman–Crippen LogP) is 0.527. The van der Waals surface area contributed by atoms with Crippen molar-refractivity contribution in [3.05, 3.63) is 11.3 Å². The molecule has 0 radical (unpaired) electrons. The third kappa shape index (κ3) is 2.91. The highest BCUT2D eigenvalue weighted by Gasteiger charge is 2.20. The lowest BCUT2D eigenvalue weighted by Crippen LogP contribution is -2.38. The lowest BCUT2D eigenvalue weighted by Gasteiger charge is -2.32. The second-order valence-electron chi connectivity index (χ2n) is 3.68. The number of piperidine rings is 1. The van der Waals surface area contributed by atoms with E-state index in [-0.39, 0.29) is 11.1 Å². The molecule has 3 N–H and O–H groups in total. The molecular formula is C10H15N3OS. The summed E-state index contributed by atoms with van der Waals surface area (Å²) in [6.07, 6.45) is 1.42. The number of thiocarbonyl (C=S) groups is 1. The van der Waals surface area contributed by atoms with Crippen LogP contribution in [0.3, 0.4) is 0 Å². The third-order valence-corrected chi connectivity index (χ3v) is 2.79. The van der Waals surface area contributed by atoms with Crippen LogP contribution in [0.25, 0.3) is 0 Å². The van der Waals surface area contributed by atoms with Gasteiger partial charge in [0.15, 0.2) is 0 Å². The average molecular weight is 225 g/mol. The minimum atomic E-state index is -0.319. The Hall–Kier alpha value is -1.12. The van der Waals surface area contributed by atoms with Crippen molar-refractivity contribution >= 4 is 17.2 Å². The van der Waals surface area contributed by atoms with Gasteiger partial charge in [-0.25, -0.2) is 0 Å². The number of nitrogens with zero attached hydrogens (tertiary/aromatic N) is 2. The van der Waals surface area contributed by atoms with Gasteiger partial charge in [-0.1, -0.05) is 12.2 Å². The molecular weight excluding hydrogens is 210 g/mol. The van der Waals surface area contributed by atoms with E-state index in [9.17, 15) is 5.11 Å². The van der Waals surface area contributed by atoms with E-state index in [1.807, 2.05) is 17.9 Å². The largest absolute Gasteiger partial charge is 0.391 e. The van der Waals surface area contributed by atoms with Gasteiger partial charge in [-0.15, -0.1) is 0 Å². The van der Waals surface area contributed by atoms with E-state index in [1.165, 1.54) is 0 Å². The Balaban J connectivity index is 2.86. The predicted molar refractivity (Wildman–Crippen MR) is 61.9 cm³/mol. The van der Waals surface area contributed by atoms with Gasteiger partial charge in [0.05, 0.1) is 6.10 Å². The number of aliphatic hydroxyl groups excluding tert-OH is 1. The van der Waals surface area contributed by atoms with Crippen molar-refractivity contribution in [1.82, 2.24) is 4.90 Å². The van der Waals surface area contributed by atoms with E-state index in [0.29, 0.717) is 12.1 Å². The zero-order valence-electron chi connectivity index (χ0n) is 8.73. The van der Waals surface area contributed by atoms with Crippen molar-refractivity contribution in [1.29, 1.82) is 5.26 Å². The highest BCUT2D eigenvalue weighted by molar-refractivity contribution is 7.80. The molecule has 15 heavy (non-hydrogen) atoms. The zero-order chi connectivity index (χ0) is 11.4. The van der Waals surface area contributed by atoms with Gasteiger partial charge in [0.2, 0.25) is 0 Å². The highest BCUT2D eigenvalue weighted by atomic mass is 32.1. The molecule has 1 aliphatic heterocycles. The summed E-state index contributed by atoms with van der Waals surface area (Å²) in [4.78, 5) is 2.08. The molecule has 0 aromatic rings. The van der Waals surface area contributed by atoms with Crippen molar-refractivity contribution in [2.45, 2.75) is 25.9 Å². The summed E-state index contributed by atoms with van der Waals surface area (Å²) in [5.74, 6) is 0. The lowest BCUT2D eigenvalue weighted by molar-refractivity contribution is 0.0879. The van der Waals surface area contributed by atoms with E-state index >= 15 is 0 Å². The molecule has 1 fully saturated rings. The Morgan fingerprint density at radius 2 is 2.33 bits per heavy atom. The topological polar surface area (TPSA) is 73.3 Å². The number of aliphatic hydroxyl groups is 1. The van der Waals surface area contributed by atoms with Crippen molar-refractivity contribution in [3.8, 4) is 6.07 Å². The van der Waals surface area contributed by atoms with Crippen molar-refractivity contribution in [2.24, 2.45) is 5.73 Å². The van der Waals surface area contributed by atoms with Gasteiger partial charge >= 0.3 is 0 Å². The second-order valence-corrected chi connectivity index (χ2v) is 4.12. The number of rotatable bonds is 2. The van der Waals surface area contributed by atoms with Gasteiger partial charge in [-0.05, 0) is 19.8 Å². The standard InChI is InChI=1S/C10H15N3OS/c1-7(9(5-11)10(12)15)13-4-2-3-8(14)6-13/h8,14H,2-4,6H2,1H3,(H2,12,15). The summed E-state index contributed by atoms with van der Waals surface area (Å²) in [5.41, 5.74) is 6.57. The number of nitriles is 1. The van der Waals surface area contributed by atoms with Gasteiger partial charge in [0, 0.05) is 18.8 Å². The molecule has 0 bridgehead atoms. The molecule has 0 aromatic carbocycles. The van der Waals surface area contributed by atoms with Crippen LogP contribution in [0.15, 0.2) is 11.3 Å². The van der Waals surface area contributed by atoms with E-state index < -0.39 is 0 Å². The lowest BCUT2D eigenvalue weighted by atomic mass is 10.1. The Labute approximate surface area is 95.0 Å². The first-order chi connectivity index (χ1) is 7.06. The summed E-state index contributed by atoms with van der Waals surface area (Å²) in [7, 11) is 0. The Kier molecular flexibility index (Phi) is 4.06. The molecule has 82 valence electrons. The average Bonchev–Trinajstić information content (AvgIpc) is 2.18. The fourth-order valence-corrected chi connectivity index (χ4v) is 1.93. The van der Waals surface area contributed by atoms with E-state index in [2.05, 4.69) is 0 Å². The van der Waals surface area contributed by atoms with Crippen LogP contribution in [0.4, 0.5) is 0 Å². The monoisotopic (exact) mass is 225 g/mol. The normalized spacial score (nSPS) is 23.0. The molecule has 4 nitrogen and oxygen atoms in total. The molecule has 1 unspecified atom stereocenters. The number of nitrogens with two attached hydrogens (primary N) is 1. The Morgan fingerprint density at radius 3 is 2.80 bits per heavy atom. The molecule has 5 heteroatoms. The molecule has 1 rings (SSSR count). The second kappa shape index (κ2) is 5.10. The van der Waals surface area contributed by atoms with Crippen LogP contribution in [-0.4, -0.2) is 34.2 Å². The fourth-order valence-electron chi connectivity index (χ4n) is 1.73. The summed E-state index contributed by atoms with van der Waals surface area (Å²) in [5, 5.41) is 18.4. The van der Waals surface area contributed by atoms with Crippen molar-refractivity contribution in [3.63, 3.8) is 0 Å². The first kappa shape index (κ1) is 12.0. The van der Waals surface area contributed by atoms with E-state index in [0.717, 1.165) is 25.1 Å². The van der Waals surface area contributed by atoms with Crippen LogP contribution in [0.2, 0.25) is 0 Å². The number of hydrogen-bond donors (Lipinski definition) is 2. The smallest absolute Gasteiger partial charge is 0.116 e. The number of allylic oxidation sites excluding steroid dienone is 1. The minimum absolute atomic E-state index is 0.120. The van der Waals surface area contributed by atoms with Crippen LogP contribution in [0.5, 0.6) is 0 Å². The number of hydrogen-bond acceptors (Lipinski definition) is 4. The van der Waals surface area contributed by atoms with Gasteiger partial charge < -0.3 is 15.7 Å². The van der Waals surface area contributed by atoms with Crippen LogP contribution >= 0.6 is 12.2 Å². The van der Waals surface area contributed by atoms with Crippen LogP contribution in [-0.2, 0) is 0 Å². The summed E-state index contributed by atoms with van der Waals surface area (Å²) in [6.45, 7) is 3.21. The van der Waals surface area contributed by atoms with Gasteiger partial charge in [-0.2, -0.15) is 5.26 Å². The summed E-state index contributed by atoms with van der Waals surface area (Å²) in [6, 6.07) is 2.00. The van der Waals surface area contributed by atoms with Crippen LogP contribution in [0.1, 0.15) is 19.8 Å². The fraction of sp³-hybridized carbons (Fsp3) is 0.600. The SMILES string of the molecule is CC(=C(C#N)C(N)=S)N1CCCC(O)C1. The third-order valence-electron chi connectivity index (χ3n) is 2.59. The number of likely N-dealkylation sites (tertiary alicyclic amines) is 1. The molecule has 0 amide bonds. The van der Waals surface area contributed by atoms with Crippen LogP contribution < -0.4 is 5.73 Å². The quantitative estimate of drug-likeness (QED) is 0.407. The summed E-state index contributed by atoms with van der Waals surface area (Å²) >= 11 is 4.80. The number of β-amino-alcohol motifs (C(OH)–C–C–N with tert-alkyl or cyclic N) is 1. The molecule has 1 aliphatic rings. The van der Waals surface area contributed by atoms with Crippen molar-refractivity contribution in [2.75, 3.05) is 13.1 Å². The maximum atomic E-state index is 9.51. The minimum Gasteiger partial charge on any atom is -0.391 e. The molecule has 1 saturated heterocycles. The highest BCUT2D eigenvalue weighted by Crippen LogP contribution is 2.17. The molecule has 1 atom stereocenters. The first-order valence-corrected chi connectivity index (χ1v) is 5.31. The zero-order valence-corrected chi connectivity index (χ0v) is 9.55. The molecule has 0 aliphatic carbocycles. The Bertz CT molecular complexity index is 332. The molecule has 1 heterocycles. The molecule has 0 spiro atoms. The van der Waals surface area contributed by atoms with Gasteiger partial charge in [-0.3, -0.25) is 0 Å². The maximum Gasteiger partial charge on any atom is 0.116 e.